The zero-order valence-corrected chi connectivity index (χ0v) is 16.0. The van der Waals surface area contributed by atoms with Crippen molar-refractivity contribution < 1.29 is 9.59 Å². The van der Waals surface area contributed by atoms with Gasteiger partial charge in [-0.25, -0.2) is 0 Å². The lowest BCUT2D eigenvalue weighted by molar-refractivity contribution is -0.135. The molecule has 4 rings (SSSR count). The van der Waals surface area contributed by atoms with Gasteiger partial charge in [-0.05, 0) is 70.4 Å². The molecule has 1 aromatic heterocycles. The van der Waals surface area contributed by atoms with Crippen LogP contribution in [0, 0.1) is 11.8 Å². The second kappa shape index (κ2) is 6.23. The Morgan fingerprint density at radius 1 is 1.12 bits per heavy atom. The van der Waals surface area contributed by atoms with Gasteiger partial charge in [0.25, 0.3) is 0 Å². The summed E-state index contributed by atoms with van der Waals surface area (Å²) in [6.45, 7) is 2.09. The second-order valence-corrected chi connectivity index (χ2v) is 8.67. The first-order chi connectivity index (χ1) is 11.6. The summed E-state index contributed by atoms with van der Waals surface area (Å²) in [4.78, 5) is 26.9. The van der Waals surface area contributed by atoms with E-state index < -0.39 is 5.92 Å². The summed E-state index contributed by atoms with van der Waals surface area (Å²) >= 11 is 5.17. The van der Waals surface area contributed by atoms with E-state index in [9.17, 15) is 9.59 Å². The molecule has 1 aromatic carbocycles. The first-order valence-electron chi connectivity index (χ1n) is 8.53. The topological polar surface area (TPSA) is 34.1 Å². The summed E-state index contributed by atoms with van der Waals surface area (Å²) in [5.41, 5.74) is 3.17. The van der Waals surface area contributed by atoms with Gasteiger partial charge in [0.1, 0.15) is 5.92 Å². The molecule has 3 atom stereocenters. The first-order valence-corrected chi connectivity index (χ1v) is 10.2. The third kappa shape index (κ3) is 2.60. The normalized spacial score (nSPS) is 26.2. The highest BCUT2D eigenvalue weighted by atomic mass is 79.9. The Balaban J connectivity index is 1.81. The van der Waals surface area contributed by atoms with Gasteiger partial charge >= 0.3 is 0 Å². The SMILES string of the molecule is CCc1ccc(-c2cc(Br)cs2)cc1C1C(=O)[C@@H]2CC[C@@H](C2)C1=O. The van der Waals surface area contributed by atoms with Gasteiger partial charge in [-0.1, -0.05) is 19.1 Å². The average molecular weight is 403 g/mol. The fraction of sp³-hybridized carbons (Fsp3) is 0.400. The van der Waals surface area contributed by atoms with E-state index in [4.69, 9.17) is 0 Å². The van der Waals surface area contributed by atoms with Crippen molar-refractivity contribution in [3.05, 3.63) is 45.2 Å². The lowest BCUT2D eigenvalue weighted by atomic mass is 9.73. The number of thiophene rings is 1. The lowest BCUT2D eigenvalue weighted by Gasteiger charge is -2.27. The summed E-state index contributed by atoms with van der Waals surface area (Å²) in [5, 5.41) is 2.06. The maximum absolute atomic E-state index is 12.9. The molecule has 2 bridgehead atoms. The summed E-state index contributed by atoms with van der Waals surface area (Å²) in [5.74, 6) is -0.0145. The van der Waals surface area contributed by atoms with Crippen molar-refractivity contribution in [1.82, 2.24) is 0 Å². The molecule has 2 aromatic rings. The Morgan fingerprint density at radius 2 is 1.83 bits per heavy atom. The van der Waals surface area contributed by atoms with Crippen LogP contribution in [-0.4, -0.2) is 11.6 Å². The van der Waals surface area contributed by atoms with Crippen LogP contribution in [0.25, 0.3) is 10.4 Å². The number of aryl methyl sites for hydroxylation is 1. The van der Waals surface area contributed by atoms with Crippen molar-refractivity contribution in [1.29, 1.82) is 0 Å². The molecule has 0 amide bonds. The zero-order chi connectivity index (χ0) is 16.8. The molecular weight excluding hydrogens is 384 g/mol. The molecule has 2 aliphatic carbocycles. The molecule has 2 aliphatic rings. The van der Waals surface area contributed by atoms with Crippen LogP contribution >= 0.6 is 27.3 Å². The fourth-order valence-electron chi connectivity index (χ4n) is 4.22. The number of benzene rings is 1. The van der Waals surface area contributed by atoms with Crippen LogP contribution in [0.1, 0.15) is 43.2 Å². The van der Waals surface area contributed by atoms with Crippen LogP contribution in [0.15, 0.2) is 34.1 Å². The molecule has 4 heteroatoms. The largest absolute Gasteiger partial charge is 0.298 e. The number of hydrogen-bond donors (Lipinski definition) is 0. The Kier molecular flexibility index (Phi) is 4.21. The number of ketones is 2. The Hall–Kier alpha value is -1.26. The third-order valence-electron chi connectivity index (χ3n) is 5.50. The van der Waals surface area contributed by atoms with E-state index in [-0.39, 0.29) is 23.4 Å². The van der Waals surface area contributed by atoms with Gasteiger partial charge in [0, 0.05) is 26.6 Å². The van der Waals surface area contributed by atoms with E-state index in [0.717, 1.165) is 51.7 Å². The van der Waals surface area contributed by atoms with Crippen LogP contribution in [0.3, 0.4) is 0 Å². The molecule has 2 fully saturated rings. The zero-order valence-electron chi connectivity index (χ0n) is 13.5. The van der Waals surface area contributed by atoms with Crippen molar-refractivity contribution in [3.63, 3.8) is 0 Å². The Bertz CT molecular complexity index is 801. The van der Waals surface area contributed by atoms with Crippen molar-refractivity contribution in [2.75, 3.05) is 0 Å². The third-order valence-corrected chi connectivity index (χ3v) is 7.24. The Labute approximate surface area is 154 Å². The van der Waals surface area contributed by atoms with E-state index in [1.54, 1.807) is 11.3 Å². The molecule has 0 N–H and O–H groups in total. The molecule has 2 nitrogen and oxygen atoms in total. The monoisotopic (exact) mass is 402 g/mol. The standard InChI is InChI=1S/C20H19BrO2S/c1-2-11-3-4-12(17-9-15(21)10-24-17)8-16(11)18-19(22)13-5-6-14(7-13)20(18)23/h3-4,8-10,13-14,18H,2,5-7H2,1H3/t13-,14+,18?. The highest BCUT2D eigenvalue weighted by Gasteiger charge is 2.47. The van der Waals surface area contributed by atoms with Gasteiger partial charge in [-0.15, -0.1) is 11.3 Å². The summed E-state index contributed by atoms with van der Waals surface area (Å²) in [7, 11) is 0. The number of halogens is 1. The molecule has 1 unspecified atom stereocenters. The molecule has 2 saturated carbocycles. The van der Waals surface area contributed by atoms with E-state index in [2.05, 4.69) is 52.5 Å². The molecule has 24 heavy (non-hydrogen) atoms. The molecule has 0 radical (unpaired) electrons. The van der Waals surface area contributed by atoms with Crippen LogP contribution in [0.5, 0.6) is 0 Å². The van der Waals surface area contributed by atoms with Gasteiger partial charge in [-0.2, -0.15) is 0 Å². The minimum absolute atomic E-state index is 0.0990. The van der Waals surface area contributed by atoms with Crippen LogP contribution < -0.4 is 0 Å². The second-order valence-electron chi connectivity index (χ2n) is 6.84. The number of carbonyl (C=O) groups is 2. The summed E-state index contributed by atoms with van der Waals surface area (Å²) in [6, 6.07) is 8.37. The minimum Gasteiger partial charge on any atom is -0.298 e. The summed E-state index contributed by atoms with van der Waals surface area (Å²) < 4.78 is 1.06. The van der Waals surface area contributed by atoms with E-state index in [0.29, 0.717) is 0 Å². The van der Waals surface area contributed by atoms with Crippen LogP contribution in [0.2, 0.25) is 0 Å². The number of Topliss-reactive ketones (excluding diaryl/α,β-unsaturated/α-hetero) is 2. The van der Waals surface area contributed by atoms with Crippen molar-refractivity contribution in [3.8, 4) is 10.4 Å². The van der Waals surface area contributed by atoms with E-state index in [1.807, 2.05) is 0 Å². The molecule has 0 saturated heterocycles. The molecule has 1 heterocycles. The van der Waals surface area contributed by atoms with E-state index in [1.165, 1.54) is 0 Å². The number of rotatable bonds is 3. The molecule has 0 spiro atoms. The van der Waals surface area contributed by atoms with E-state index >= 15 is 0 Å². The van der Waals surface area contributed by atoms with Gasteiger partial charge in [0.15, 0.2) is 11.6 Å². The quantitative estimate of drug-likeness (QED) is 0.644. The van der Waals surface area contributed by atoms with Crippen molar-refractivity contribution in [2.45, 2.75) is 38.5 Å². The smallest absolute Gasteiger partial charge is 0.150 e. The van der Waals surface area contributed by atoms with Gasteiger partial charge < -0.3 is 0 Å². The number of fused-ring (bicyclic) bond motifs is 2. The predicted octanol–water partition coefficient (Wildman–Crippen LogP) is 5.39. The molecule has 124 valence electrons. The highest BCUT2D eigenvalue weighted by molar-refractivity contribution is 9.10. The number of hydrogen-bond acceptors (Lipinski definition) is 3. The summed E-state index contributed by atoms with van der Waals surface area (Å²) in [6.07, 6.45) is 3.42. The highest BCUT2D eigenvalue weighted by Crippen LogP contribution is 2.45. The van der Waals surface area contributed by atoms with Crippen molar-refractivity contribution in [2.24, 2.45) is 11.8 Å². The number of carbonyl (C=O) groups excluding carboxylic acids is 2. The minimum atomic E-state index is -0.533. The molecular formula is C20H19BrO2S. The Morgan fingerprint density at radius 3 is 2.42 bits per heavy atom. The van der Waals surface area contributed by atoms with Gasteiger partial charge in [0.2, 0.25) is 0 Å². The van der Waals surface area contributed by atoms with Gasteiger partial charge in [0.05, 0.1) is 0 Å². The van der Waals surface area contributed by atoms with Gasteiger partial charge in [-0.3, -0.25) is 9.59 Å². The maximum Gasteiger partial charge on any atom is 0.150 e. The van der Waals surface area contributed by atoms with Crippen LogP contribution in [0.4, 0.5) is 0 Å². The average Bonchev–Trinajstić information content (AvgIpc) is 3.21. The predicted molar refractivity (Wildman–Crippen MR) is 100 cm³/mol. The fourth-order valence-corrected chi connectivity index (χ4v) is 5.65. The van der Waals surface area contributed by atoms with Crippen molar-refractivity contribution >= 4 is 38.8 Å². The lowest BCUT2D eigenvalue weighted by Crippen LogP contribution is -2.35. The van der Waals surface area contributed by atoms with Crippen LogP contribution in [-0.2, 0) is 16.0 Å². The maximum atomic E-state index is 12.9. The first kappa shape index (κ1) is 16.2. The molecule has 0 aliphatic heterocycles.